The molecule has 4 aromatic carbocycles. The number of nitrogens with two attached hydrogens (primary N) is 1. The highest BCUT2D eigenvalue weighted by molar-refractivity contribution is 5.97. The Labute approximate surface area is 170 Å². The van der Waals surface area contributed by atoms with Crippen LogP contribution in [-0.4, -0.2) is 4.57 Å². The molecule has 0 aliphatic heterocycles. The summed E-state index contributed by atoms with van der Waals surface area (Å²) in [6, 6.07) is 36.0. The molecule has 140 valence electrons. The predicted octanol–water partition coefficient (Wildman–Crippen LogP) is 6.61. The molecule has 5 aromatic rings. The van der Waals surface area contributed by atoms with Crippen LogP contribution in [0.2, 0.25) is 0 Å². The topological polar surface area (TPSA) is 30.9 Å². The van der Waals surface area contributed by atoms with Gasteiger partial charge in [-0.05, 0) is 40.5 Å². The number of benzene rings is 4. The normalized spacial score (nSPS) is 11.0. The summed E-state index contributed by atoms with van der Waals surface area (Å²) in [5.74, 6) is 0. The van der Waals surface area contributed by atoms with E-state index in [9.17, 15) is 0 Å². The van der Waals surface area contributed by atoms with Crippen molar-refractivity contribution < 1.29 is 0 Å². The summed E-state index contributed by atoms with van der Waals surface area (Å²) >= 11 is 0. The van der Waals surface area contributed by atoms with Gasteiger partial charge in [-0.1, -0.05) is 84.9 Å². The van der Waals surface area contributed by atoms with Gasteiger partial charge in [-0.3, -0.25) is 0 Å². The lowest BCUT2D eigenvalue weighted by Crippen LogP contribution is -1.98. The van der Waals surface area contributed by atoms with Crippen LogP contribution in [0.5, 0.6) is 0 Å². The van der Waals surface area contributed by atoms with Crippen LogP contribution in [0.1, 0.15) is 5.56 Å². The third-order valence-electron chi connectivity index (χ3n) is 5.40. The minimum atomic E-state index is 0.791. The molecule has 29 heavy (non-hydrogen) atoms. The second-order valence-corrected chi connectivity index (χ2v) is 7.38. The van der Waals surface area contributed by atoms with Gasteiger partial charge in [0.15, 0.2) is 0 Å². The van der Waals surface area contributed by atoms with Crippen LogP contribution in [-0.2, 0) is 6.54 Å². The summed E-state index contributed by atoms with van der Waals surface area (Å²) in [6.45, 7) is 0.822. The van der Waals surface area contributed by atoms with Crippen molar-refractivity contribution in [2.45, 2.75) is 6.54 Å². The highest BCUT2D eigenvalue weighted by Crippen LogP contribution is 2.32. The van der Waals surface area contributed by atoms with Crippen LogP contribution in [0.15, 0.2) is 109 Å². The molecule has 1 aromatic heterocycles. The van der Waals surface area contributed by atoms with E-state index < -0.39 is 0 Å². The average molecular weight is 374 g/mol. The number of nitrogens with zero attached hydrogens (tertiary/aromatic N) is 1. The second-order valence-electron chi connectivity index (χ2n) is 7.38. The number of nitrogen functional groups attached to an aromatic ring is 1. The Hall–Kier alpha value is -3.78. The van der Waals surface area contributed by atoms with Gasteiger partial charge in [0.2, 0.25) is 0 Å². The van der Waals surface area contributed by atoms with E-state index in [-0.39, 0.29) is 0 Å². The van der Waals surface area contributed by atoms with Crippen molar-refractivity contribution in [3.8, 4) is 22.3 Å². The molecule has 2 N–H and O–H groups in total. The van der Waals surface area contributed by atoms with E-state index in [0.717, 1.165) is 12.2 Å². The largest absolute Gasteiger partial charge is 0.399 e. The van der Waals surface area contributed by atoms with Crippen LogP contribution in [0.4, 0.5) is 5.69 Å². The molecular formula is C27H22N2. The van der Waals surface area contributed by atoms with Crippen molar-refractivity contribution in [3.05, 3.63) is 115 Å². The molecular weight excluding hydrogens is 352 g/mol. The zero-order valence-electron chi connectivity index (χ0n) is 16.1. The third kappa shape index (κ3) is 3.41. The Bertz CT molecular complexity index is 1250. The van der Waals surface area contributed by atoms with E-state index >= 15 is 0 Å². The summed E-state index contributed by atoms with van der Waals surface area (Å²) in [6.07, 6.45) is 2.24. The van der Waals surface area contributed by atoms with Crippen LogP contribution < -0.4 is 5.73 Å². The van der Waals surface area contributed by atoms with Crippen LogP contribution in [0.3, 0.4) is 0 Å². The molecule has 0 unspecified atom stereocenters. The van der Waals surface area contributed by atoms with Crippen molar-refractivity contribution >= 4 is 16.6 Å². The summed E-state index contributed by atoms with van der Waals surface area (Å²) in [5.41, 5.74) is 14.3. The molecule has 5 rings (SSSR count). The molecule has 0 aliphatic carbocycles. The Morgan fingerprint density at radius 3 is 1.93 bits per heavy atom. The maximum Gasteiger partial charge on any atom is 0.0491 e. The molecule has 0 saturated heterocycles. The molecule has 2 heteroatoms. The molecule has 2 nitrogen and oxygen atoms in total. The second kappa shape index (κ2) is 7.33. The van der Waals surface area contributed by atoms with Crippen molar-refractivity contribution in [2.75, 3.05) is 5.73 Å². The Balaban J connectivity index is 1.52. The monoisotopic (exact) mass is 374 g/mol. The first-order chi connectivity index (χ1) is 14.3. The zero-order valence-corrected chi connectivity index (χ0v) is 16.1. The Morgan fingerprint density at radius 2 is 1.24 bits per heavy atom. The number of rotatable bonds is 4. The highest BCUT2D eigenvalue weighted by atomic mass is 15.0. The predicted molar refractivity (Wildman–Crippen MR) is 123 cm³/mol. The Kier molecular flexibility index (Phi) is 4.38. The van der Waals surface area contributed by atoms with Crippen molar-refractivity contribution in [2.24, 2.45) is 0 Å². The maximum absolute atomic E-state index is 6.10. The number of anilines is 1. The third-order valence-corrected chi connectivity index (χ3v) is 5.40. The molecule has 0 radical (unpaired) electrons. The molecule has 0 saturated carbocycles. The number of hydrogen-bond acceptors (Lipinski definition) is 1. The standard InChI is InChI=1S/C27H22N2/c28-24-15-16-27-25(17-24)26(23-9-5-2-6-10-23)19-29(27)18-20-11-13-22(14-12-20)21-7-3-1-4-8-21/h1-17,19H,18,28H2. The van der Waals surface area contributed by atoms with E-state index in [1.54, 1.807) is 0 Å². The van der Waals surface area contributed by atoms with Gasteiger partial charge < -0.3 is 10.3 Å². The average Bonchev–Trinajstić information content (AvgIpc) is 3.13. The van der Waals surface area contributed by atoms with Gasteiger partial charge in [-0.15, -0.1) is 0 Å². The minimum absolute atomic E-state index is 0.791. The van der Waals surface area contributed by atoms with E-state index in [1.165, 1.54) is 38.7 Å². The molecule has 0 bridgehead atoms. The van der Waals surface area contributed by atoms with Crippen LogP contribution in [0.25, 0.3) is 33.2 Å². The lowest BCUT2D eigenvalue weighted by Gasteiger charge is -2.08. The lowest BCUT2D eigenvalue weighted by atomic mass is 10.0. The van der Waals surface area contributed by atoms with Gasteiger partial charge in [0.05, 0.1) is 0 Å². The molecule has 0 aliphatic rings. The van der Waals surface area contributed by atoms with E-state index in [2.05, 4.69) is 95.7 Å². The van der Waals surface area contributed by atoms with Gasteiger partial charge >= 0.3 is 0 Å². The lowest BCUT2D eigenvalue weighted by molar-refractivity contribution is 0.838. The summed E-state index contributed by atoms with van der Waals surface area (Å²) in [5, 5.41) is 1.19. The van der Waals surface area contributed by atoms with Gasteiger partial charge in [0.1, 0.15) is 0 Å². The fraction of sp³-hybridized carbons (Fsp3) is 0.0370. The van der Waals surface area contributed by atoms with E-state index in [1.807, 2.05) is 18.2 Å². The van der Waals surface area contributed by atoms with Crippen LogP contribution >= 0.6 is 0 Å². The van der Waals surface area contributed by atoms with Gasteiger partial charge in [-0.25, -0.2) is 0 Å². The first kappa shape index (κ1) is 17.3. The van der Waals surface area contributed by atoms with E-state index in [4.69, 9.17) is 5.73 Å². The molecule has 0 atom stereocenters. The maximum atomic E-state index is 6.10. The number of fused-ring (bicyclic) bond motifs is 1. The number of aromatic nitrogens is 1. The number of hydrogen-bond donors (Lipinski definition) is 1. The molecule has 0 spiro atoms. The quantitative estimate of drug-likeness (QED) is 0.353. The molecule has 1 heterocycles. The summed E-state index contributed by atoms with van der Waals surface area (Å²) in [7, 11) is 0. The van der Waals surface area contributed by atoms with Gasteiger partial charge in [-0.2, -0.15) is 0 Å². The van der Waals surface area contributed by atoms with Gasteiger partial charge in [0.25, 0.3) is 0 Å². The Morgan fingerprint density at radius 1 is 0.621 bits per heavy atom. The first-order valence-corrected chi connectivity index (χ1v) is 9.86. The summed E-state index contributed by atoms with van der Waals surface area (Å²) < 4.78 is 2.31. The van der Waals surface area contributed by atoms with Crippen LogP contribution in [0, 0.1) is 0 Å². The van der Waals surface area contributed by atoms with Crippen molar-refractivity contribution in [3.63, 3.8) is 0 Å². The summed E-state index contributed by atoms with van der Waals surface area (Å²) in [4.78, 5) is 0. The zero-order chi connectivity index (χ0) is 19.6. The fourth-order valence-electron chi connectivity index (χ4n) is 3.92. The fourth-order valence-corrected chi connectivity index (χ4v) is 3.92. The smallest absolute Gasteiger partial charge is 0.0491 e. The van der Waals surface area contributed by atoms with Crippen molar-refractivity contribution in [1.29, 1.82) is 0 Å². The minimum Gasteiger partial charge on any atom is -0.399 e. The molecule has 0 fully saturated rings. The SMILES string of the molecule is Nc1ccc2c(c1)c(-c1ccccc1)cn2Cc1ccc(-c2ccccc2)cc1. The van der Waals surface area contributed by atoms with Gasteiger partial charge in [0, 0.05) is 34.9 Å². The molecule has 0 amide bonds. The highest BCUT2D eigenvalue weighted by Gasteiger charge is 2.11. The first-order valence-electron chi connectivity index (χ1n) is 9.86. The van der Waals surface area contributed by atoms with E-state index in [0.29, 0.717) is 0 Å². The van der Waals surface area contributed by atoms with Crippen molar-refractivity contribution in [1.82, 2.24) is 4.57 Å².